The van der Waals surface area contributed by atoms with Gasteiger partial charge in [0, 0.05) is 5.02 Å². The first kappa shape index (κ1) is 25.0. The van der Waals surface area contributed by atoms with Crippen molar-refractivity contribution < 1.29 is 31.1 Å². The van der Waals surface area contributed by atoms with E-state index in [-0.39, 0.29) is 21.6 Å². The van der Waals surface area contributed by atoms with Gasteiger partial charge in [0.25, 0.3) is 0 Å². The minimum absolute atomic E-state index is 0.0336. The van der Waals surface area contributed by atoms with Crippen molar-refractivity contribution >= 4 is 33.2 Å². The summed E-state index contributed by atoms with van der Waals surface area (Å²) in [5, 5.41) is 1.94. The molecule has 0 saturated heterocycles. The zero-order chi connectivity index (χ0) is 23.6. The number of hydrogen-bond acceptors (Lipinski definition) is 4. The smallest absolute Gasteiger partial charge is 0.418 e. The maximum atomic E-state index is 13.2. The number of carbonyl (C=O) groups excluding carboxylic acids is 1. The summed E-state index contributed by atoms with van der Waals surface area (Å²) in [6.07, 6.45) is -4.76. The second kappa shape index (κ2) is 9.46. The van der Waals surface area contributed by atoms with Gasteiger partial charge in [-0.05, 0) is 48.7 Å². The van der Waals surface area contributed by atoms with E-state index in [1.807, 2.05) is 13.8 Å². The predicted octanol–water partition coefficient (Wildman–Crippen LogP) is 4.80. The molecule has 0 bridgehead atoms. The van der Waals surface area contributed by atoms with Crippen LogP contribution >= 0.6 is 11.6 Å². The fraction of sp³-hybridized carbons (Fsp3) is 0.350. The molecule has 0 radical (unpaired) electrons. The van der Waals surface area contributed by atoms with Gasteiger partial charge in [-0.2, -0.15) is 17.9 Å². The first-order valence-electron chi connectivity index (χ1n) is 9.14. The van der Waals surface area contributed by atoms with Crippen molar-refractivity contribution in [1.29, 1.82) is 0 Å². The number of amides is 1. The van der Waals surface area contributed by atoms with Crippen LogP contribution in [0, 0.1) is 0 Å². The maximum Gasteiger partial charge on any atom is 0.418 e. The van der Waals surface area contributed by atoms with Crippen LogP contribution in [0.2, 0.25) is 5.02 Å². The average Bonchev–Trinajstić information content (AvgIpc) is 2.67. The molecule has 6 nitrogen and oxygen atoms in total. The van der Waals surface area contributed by atoms with E-state index in [0.717, 1.165) is 11.6 Å². The Balaban J connectivity index is 2.29. The third-order valence-electron chi connectivity index (χ3n) is 4.41. The van der Waals surface area contributed by atoms with E-state index in [1.54, 1.807) is 6.07 Å². The SMILES string of the molecule is COc1ccc(C(C)C)cc1S(=O)(=O)NC(C)C(=O)Nc1ccc(Cl)cc1C(F)(F)F. The predicted molar refractivity (Wildman–Crippen MR) is 112 cm³/mol. The molecule has 2 rings (SSSR count). The Morgan fingerprint density at radius 1 is 1.10 bits per heavy atom. The Bertz CT molecular complexity index is 1070. The molecule has 0 spiro atoms. The number of anilines is 1. The van der Waals surface area contributed by atoms with Gasteiger partial charge in [-0.3, -0.25) is 4.79 Å². The topological polar surface area (TPSA) is 84.5 Å². The summed E-state index contributed by atoms with van der Waals surface area (Å²) in [7, 11) is -2.92. The molecule has 1 unspecified atom stereocenters. The van der Waals surface area contributed by atoms with Crippen LogP contribution in [0.1, 0.15) is 37.8 Å². The van der Waals surface area contributed by atoms with Gasteiger partial charge < -0.3 is 10.1 Å². The van der Waals surface area contributed by atoms with Crippen molar-refractivity contribution in [1.82, 2.24) is 4.72 Å². The highest BCUT2D eigenvalue weighted by molar-refractivity contribution is 7.89. The summed E-state index contributed by atoms with van der Waals surface area (Å²) < 4.78 is 72.7. The summed E-state index contributed by atoms with van der Waals surface area (Å²) in [4.78, 5) is 12.3. The van der Waals surface area contributed by atoms with E-state index >= 15 is 0 Å². The molecule has 1 amide bonds. The number of halogens is 4. The summed E-state index contributed by atoms with van der Waals surface area (Å²) in [6.45, 7) is 4.98. The Morgan fingerprint density at radius 2 is 1.74 bits per heavy atom. The van der Waals surface area contributed by atoms with E-state index in [9.17, 15) is 26.4 Å². The molecule has 2 aromatic carbocycles. The number of hydrogen-bond donors (Lipinski definition) is 2. The number of methoxy groups -OCH3 is 1. The molecule has 0 saturated carbocycles. The van der Waals surface area contributed by atoms with E-state index in [1.165, 1.54) is 32.2 Å². The Hall–Kier alpha value is -2.30. The average molecular weight is 479 g/mol. The number of ether oxygens (including phenoxy) is 1. The van der Waals surface area contributed by atoms with Crippen molar-refractivity contribution in [3.8, 4) is 5.75 Å². The standard InChI is InChI=1S/C20H22ClF3N2O4S/c1-11(2)13-5-8-17(30-4)18(9-13)31(28,29)26-12(3)19(27)25-16-7-6-14(21)10-15(16)20(22,23)24/h5-12,26H,1-4H3,(H,25,27). The van der Waals surface area contributed by atoms with Crippen molar-refractivity contribution in [2.75, 3.05) is 12.4 Å². The Labute approximate surface area is 183 Å². The molecule has 2 aromatic rings. The fourth-order valence-electron chi connectivity index (χ4n) is 2.71. The molecule has 0 aromatic heterocycles. The van der Waals surface area contributed by atoms with Crippen molar-refractivity contribution in [2.24, 2.45) is 0 Å². The van der Waals surface area contributed by atoms with E-state index < -0.39 is 39.4 Å². The van der Waals surface area contributed by atoms with Gasteiger partial charge >= 0.3 is 6.18 Å². The van der Waals surface area contributed by atoms with Gasteiger partial charge in [-0.1, -0.05) is 31.5 Å². The monoisotopic (exact) mass is 478 g/mol. The molecule has 2 N–H and O–H groups in total. The van der Waals surface area contributed by atoms with Gasteiger partial charge in [-0.15, -0.1) is 0 Å². The summed E-state index contributed by atoms with van der Waals surface area (Å²) >= 11 is 5.62. The fourth-order valence-corrected chi connectivity index (χ4v) is 4.29. The lowest BCUT2D eigenvalue weighted by Gasteiger charge is -2.19. The number of rotatable bonds is 7. The normalized spacial score (nSPS) is 13.2. The van der Waals surface area contributed by atoms with Crippen LogP contribution in [0.4, 0.5) is 18.9 Å². The van der Waals surface area contributed by atoms with E-state index in [4.69, 9.17) is 16.3 Å². The lowest BCUT2D eigenvalue weighted by atomic mass is 10.0. The molecule has 11 heteroatoms. The van der Waals surface area contributed by atoms with Crippen LogP contribution in [-0.4, -0.2) is 27.5 Å². The van der Waals surface area contributed by atoms with Crippen LogP contribution in [0.5, 0.6) is 5.75 Å². The molecule has 170 valence electrons. The number of alkyl halides is 3. The molecule has 0 aliphatic rings. The molecular formula is C20H22ClF3N2O4S. The van der Waals surface area contributed by atoms with Crippen LogP contribution in [0.3, 0.4) is 0 Å². The molecule has 0 heterocycles. The van der Waals surface area contributed by atoms with Gasteiger partial charge in [0.2, 0.25) is 15.9 Å². The first-order chi connectivity index (χ1) is 14.3. The van der Waals surface area contributed by atoms with Gasteiger partial charge in [0.15, 0.2) is 0 Å². The quantitative estimate of drug-likeness (QED) is 0.599. The highest BCUT2D eigenvalue weighted by Gasteiger charge is 2.35. The third kappa shape index (κ3) is 6.11. The molecule has 0 aliphatic heterocycles. The minimum atomic E-state index is -4.76. The second-order valence-corrected chi connectivity index (χ2v) is 9.20. The van der Waals surface area contributed by atoms with Gasteiger partial charge in [-0.25, -0.2) is 8.42 Å². The van der Waals surface area contributed by atoms with Crippen LogP contribution in [0.25, 0.3) is 0 Å². The number of carbonyl (C=O) groups is 1. The molecule has 31 heavy (non-hydrogen) atoms. The molecule has 1 atom stereocenters. The lowest BCUT2D eigenvalue weighted by molar-refractivity contribution is -0.137. The van der Waals surface area contributed by atoms with Crippen LogP contribution < -0.4 is 14.8 Å². The van der Waals surface area contributed by atoms with Crippen molar-refractivity contribution in [3.63, 3.8) is 0 Å². The first-order valence-corrected chi connectivity index (χ1v) is 11.0. The Kier molecular flexibility index (Phi) is 7.61. The van der Waals surface area contributed by atoms with E-state index in [0.29, 0.717) is 6.07 Å². The maximum absolute atomic E-state index is 13.2. The lowest BCUT2D eigenvalue weighted by Crippen LogP contribution is -2.41. The largest absolute Gasteiger partial charge is 0.495 e. The summed E-state index contributed by atoms with van der Waals surface area (Å²) in [6, 6.07) is 6.12. The number of nitrogens with one attached hydrogen (secondary N) is 2. The zero-order valence-electron chi connectivity index (χ0n) is 17.2. The van der Waals surface area contributed by atoms with Crippen molar-refractivity contribution in [3.05, 3.63) is 52.5 Å². The van der Waals surface area contributed by atoms with Gasteiger partial charge in [0.05, 0.1) is 24.4 Å². The molecular weight excluding hydrogens is 457 g/mol. The summed E-state index contributed by atoms with van der Waals surface area (Å²) in [5.74, 6) is -0.872. The summed E-state index contributed by atoms with van der Waals surface area (Å²) in [5.41, 5.74) is -0.948. The highest BCUT2D eigenvalue weighted by Crippen LogP contribution is 2.36. The Morgan fingerprint density at radius 3 is 2.29 bits per heavy atom. The van der Waals surface area contributed by atoms with Crippen molar-refractivity contribution in [2.45, 2.75) is 43.8 Å². The second-order valence-electron chi connectivity index (χ2n) is 7.08. The van der Waals surface area contributed by atoms with Crippen LogP contribution in [0.15, 0.2) is 41.3 Å². The van der Waals surface area contributed by atoms with Crippen LogP contribution in [-0.2, 0) is 21.0 Å². The minimum Gasteiger partial charge on any atom is -0.495 e. The number of benzene rings is 2. The van der Waals surface area contributed by atoms with Gasteiger partial charge in [0.1, 0.15) is 10.6 Å². The number of sulfonamides is 1. The molecule has 0 fully saturated rings. The van der Waals surface area contributed by atoms with E-state index in [2.05, 4.69) is 10.0 Å². The highest BCUT2D eigenvalue weighted by atomic mass is 35.5. The molecule has 0 aliphatic carbocycles. The third-order valence-corrected chi connectivity index (χ3v) is 6.21. The zero-order valence-corrected chi connectivity index (χ0v) is 18.7.